The zero-order valence-electron chi connectivity index (χ0n) is 11.4. The molecule has 0 aliphatic carbocycles. The molecule has 2 aliphatic heterocycles. The van der Waals surface area contributed by atoms with Gasteiger partial charge in [-0.25, -0.2) is 8.42 Å². The first kappa shape index (κ1) is 14.4. The zero-order chi connectivity index (χ0) is 14.2. The maximum atomic E-state index is 11.4. The Morgan fingerprint density at radius 1 is 1.20 bits per heavy atom. The third kappa shape index (κ3) is 3.54. The van der Waals surface area contributed by atoms with Gasteiger partial charge in [-0.15, -0.1) is 0 Å². The summed E-state index contributed by atoms with van der Waals surface area (Å²) < 4.78 is 24.7. The van der Waals surface area contributed by atoms with Gasteiger partial charge in [-0.3, -0.25) is 4.68 Å². The van der Waals surface area contributed by atoms with Crippen molar-refractivity contribution in [3.63, 3.8) is 0 Å². The Morgan fingerprint density at radius 3 is 2.50 bits per heavy atom. The highest BCUT2D eigenvalue weighted by atomic mass is 35.5. The first-order valence-corrected chi connectivity index (χ1v) is 9.31. The van der Waals surface area contributed by atoms with E-state index in [2.05, 4.69) is 10.00 Å². The van der Waals surface area contributed by atoms with Crippen LogP contribution in [0.2, 0.25) is 5.02 Å². The smallest absolute Gasteiger partial charge is 0.150 e. The molecule has 1 aromatic heterocycles. The van der Waals surface area contributed by atoms with Crippen LogP contribution in [0.3, 0.4) is 0 Å². The highest BCUT2D eigenvalue weighted by molar-refractivity contribution is 7.91. The van der Waals surface area contributed by atoms with Crippen molar-refractivity contribution >= 4 is 21.4 Å². The number of hydrogen-bond donors (Lipinski definition) is 0. The normalized spacial score (nSPS) is 24.6. The predicted octanol–water partition coefficient (Wildman–Crippen LogP) is 1.29. The molecular formula is C13H20ClN3O2S. The average Bonchev–Trinajstić information content (AvgIpc) is 2.74. The number of sulfone groups is 1. The van der Waals surface area contributed by atoms with Gasteiger partial charge in [-0.1, -0.05) is 11.6 Å². The molecule has 0 N–H and O–H groups in total. The average molecular weight is 318 g/mol. The molecular weight excluding hydrogens is 298 g/mol. The van der Waals surface area contributed by atoms with E-state index in [1.165, 1.54) is 0 Å². The fraction of sp³-hybridized carbons (Fsp3) is 0.769. The summed E-state index contributed by atoms with van der Waals surface area (Å²) in [6.07, 6.45) is 5.19. The Labute approximate surface area is 124 Å². The lowest BCUT2D eigenvalue weighted by Crippen LogP contribution is -2.50. The van der Waals surface area contributed by atoms with Crippen LogP contribution in [-0.2, 0) is 16.4 Å². The Morgan fingerprint density at radius 2 is 1.90 bits per heavy atom. The van der Waals surface area contributed by atoms with Gasteiger partial charge in [-0.05, 0) is 18.8 Å². The van der Waals surface area contributed by atoms with Crippen molar-refractivity contribution in [3.8, 4) is 0 Å². The lowest BCUT2D eigenvalue weighted by molar-refractivity contribution is 0.0664. The number of nitrogens with zero attached hydrogens (tertiary/aromatic N) is 3. The summed E-state index contributed by atoms with van der Waals surface area (Å²) in [4.78, 5) is 2.43. The second kappa shape index (κ2) is 5.66. The minimum absolute atomic E-state index is 0.376. The predicted molar refractivity (Wildman–Crippen MR) is 78.5 cm³/mol. The van der Waals surface area contributed by atoms with Crippen LogP contribution in [0.4, 0.5) is 0 Å². The third-order valence-electron chi connectivity index (χ3n) is 4.27. The van der Waals surface area contributed by atoms with E-state index in [4.69, 9.17) is 11.6 Å². The van der Waals surface area contributed by atoms with Crippen LogP contribution in [0, 0.1) is 11.8 Å². The van der Waals surface area contributed by atoms with E-state index in [1.54, 1.807) is 6.20 Å². The van der Waals surface area contributed by atoms with Gasteiger partial charge in [0.15, 0.2) is 0 Å². The summed E-state index contributed by atoms with van der Waals surface area (Å²) in [6, 6.07) is 0. The molecule has 20 heavy (non-hydrogen) atoms. The Balaban J connectivity index is 1.38. The first-order valence-electron chi connectivity index (χ1n) is 7.11. The topological polar surface area (TPSA) is 55.2 Å². The highest BCUT2D eigenvalue weighted by Gasteiger charge is 2.31. The van der Waals surface area contributed by atoms with Gasteiger partial charge in [0.05, 0.1) is 22.7 Å². The van der Waals surface area contributed by atoms with E-state index in [-0.39, 0.29) is 0 Å². The van der Waals surface area contributed by atoms with Gasteiger partial charge in [0.2, 0.25) is 0 Å². The van der Waals surface area contributed by atoms with Crippen molar-refractivity contribution in [1.82, 2.24) is 14.7 Å². The zero-order valence-corrected chi connectivity index (χ0v) is 13.0. The second-order valence-electron chi connectivity index (χ2n) is 6.06. The van der Waals surface area contributed by atoms with E-state index >= 15 is 0 Å². The van der Waals surface area contributed by atoms with E-state index in [0.717, 1.165) is 39.0 Å². The summed E-state index contributed by atoms with van der Waals surface area (Å²) in [7, 11) is -2.73. The summed E-state index contributed by atoms with van der Waals surface area (Å²) in [5.74, 6) is 1.94. The number of aromatic nitrogens is 2. The van der Waals surface area contributed by atoms with Gasteiger partial charge in [-0.2, -0.15) is 5.10 Å². The van der Waals surface area contributed by atoms with Gasteiger partial charge >= 0.3 is 0 Å². The molecule has 0 amide bonds. The molecule has 0 atom stereocenters. The van der Waals surface area contributed by atoms with Crippen LogP contribution >= 0.6 is 11.6 Å². The minimum Gasteiger partial charge on any atom is -0.302 e. The number of likely N-dealkylation sites (tertiary alicyclic amines) is 1. The molecule has 3 rings (SSSR count). The van der Waals surface area contributed by atoms with Crippen molar-refractivity contribution < 1.29 is 8.42 Å². The maximum absolute atomic E-state index is 11.4. The molecule has 0 radical (unpaired) electrons. The largest absolute Gasteiger partial charge is 0.302 e. The number of halogens is 1. The molecule has 5 nitrogen and oxygen atoms in total. The fourth-order valence-electron chi connectivity index (χ4n) is 3.13. The van der Waals surface area contributed by atoms with E-state index < -0.39 is 9.84 Å². The maximum Gasteiger partial charge on any atom is 0.150 e. The van der Waals surface area contributed by atoms with Gasteiger partial charge in [0.25, 0.3) is 0 Å². The molecule has 7 heteroatoms. The highest BCUT2D eigenvalue weighted by Crippen LogP contribution is 2.25. The summed E-state index contributed by atoms with van der Waals surface area (Å²) in [5, 5.41) is 4.88. The minimum atomic E-state index is -2.73. The van der Waals surface area contributed by atoms with Gasteiger partial charge in [0, 0.05) is 38.3 Å². The second-order valence-corrected chi connectivity index (χ2v) is 8.80. The van der Waals surface area contributed by atoms with E-state index in [0.29, 0.717) is 28.4 Å². The first-order chi connectivity index (χ1) is 9.50. The van der Waals surface area contributed by atoms with Crippen LogP contribution < -0.4 is 0 Å². The molecule has 0 spiro atoms. The monoisotopic (exact) mass is 317 g/mol. The van der Waals surface area contributed by atoms with E-state index in [9.17, 15) is 8.42 Å². The van der Waals surface area contributed by atoms with Gasteiger partial charge in [0.1, 0.15) is 9.84 Å². The number of rotatable bonds is 4. The standard InChI is InChI=1S/C13H20ClN3O2S/c14-13-5-15-17(10-13)9-12-7-16(8-12)6-11-1-3-20(18,19)4-2-11/h5,10-12H,1-4,6-9H2. The lowest BCUT2D eigenvalue weighted by atomic mass is 9.95. The van der Waals surface area contributed by atoms with Crippen molar-refractivity contribution in [1.29, 1.82) is 0 Å². The molecule has 2 fully saturated rings. The van der Waals surface area contributed by atoms with Crippen LogP contribution in [0.1, 0.15) is 12.8 Å². The summed E-state index contributed by atoms with van der Waals surface area (Å²) in [5.41, 5.74) is 0. The molecule has 112 valence electrons. The molecule has 1 aromatic rings. The molecule has 0 aromatic carbocycles. The lowest BCUT2D eigenvalue weighted by Gasteiger charge is -2.41. The van der Waals surface area contributed by atoms with Crippen LogP contribution in [-0.4, -0.2) is 54.2 Å². The van der Waals surface area contributed by atoms with Crippen molar-refractivity contribution in [2.45, 2.75) is 19.4 Å². The number of hydrogen-bond acceptors (Lipinski definition) is 4. The SMILES string of the molecule is O=S1(=O)CCC(CN2CC(Cn3cc(Cl)cn3)C2)CC1. The quantitative estimate of drug-likeness (QED) is 0.840. The van der Waals surface area contributed by atoms with Crippen LogP contribution in [0.25, 0.3) is 0 Å². The van der Waals surface area contributed by atoms with E-state index in [1.807, 2.05) is 10.9 Å². The Hall–Kier alpha value is -0.590. The third-order valence-corrected chi connectivity index (χ3v) is 6.18. The molecule has 2 saturated heterocycles. The summed E-state index contributed by atoms with van der Waals surface area (Å²) in [6.45, 7) is 4.13. The van der Waals surface area contributed by atoms with Gasteiger partial charge < -0.3 is 4.90 Å². The van der Waals surface area contributed by atoms with Crippen LogP contribution in [0.5, 0.6) is 0 Å². The van der Waals surface area contributed by atoms with Crippen molar-refractivity contribution in [2.75, 3.05) is 31.1 Å². The van der Waals surface area contributed by atoms with Crippen LogP contribution in [0.15, 0.2) is 12.4 Å². The summed E-state index contributed by atoms with van der Waals surface area (Å²) >= 11 is 5.84. The molecule has 0 saturated carbocycles. The van der Waals surface area contributed by atoms with Crippen molar-refractivity contribution in [3.05, 3.63) is 17.4 Å². The Bertz CT molecular complexity index is 552. The molecule has 2 aliphatic rings. The molecule has 0 unspecified atom stereocenters. The fourth-order valence-corrected chi connectivity index (χ4v) is 4.88. The van der Waals surface area contributed by atoms with Crippen molar-refractivity contribution in [2.24, 2.45) is 11.8 Å². The Kier molecular flexibility index (Phi) is 4.06. The molecule has 0 bridgehead atoms. The molecule has 3 heterocycles.